The van der Waals surface area contributed by atoms with E-state index >= 15 is 0 Å². The molecule has 23 heavy (non-hydrogen) atoms. The van der Waals surface area contributed by atoms with Crippen LogP contribution >= 0.6 is 0 Å². The van der Waals surface area contributed by atoms with Gasteiger partial charge < -0.3 is 5.32 Å². The maximum atomic E-state index is 13.3. The van der Waals surface area contributed by atoms with Gasteiger partial charge in [0.05, 0.1) is 9.82 Å². The Balaban J connectivity index is 2.08. The van der Waals surface area contributed by atoms with Crippen LogP contribution in [0.25, 0.3) is 0 Å². The molecule has 0 aliphatic carbocycles. The Morgan fingerprint density at radius 2 is 1.78 bits per heavy atom. The molecule has 2 fully saturated rings. The fourth-order valence-electron chi connectivity index (χ4n) is 3.88. The average Bonchev–Trinajstić information content (AvgIpc) is 2.71. The summed E-state index contributed by atoms with van der Waals surface area (Å²) in [4.78, 5) is 10.7. The highest BCUT2D eigenvalue weighted by Gasteiger charge is 2.44. The summed E-state index contributed by atoms with van der Waals surface area (Å²) in [6.07, 6.45) is 2.55. The van der Waals surface area contributed by atoms with Crippen LogP contribution in [-0.4, -0.2) is 42.8 Å². The molecule has 2 heterocycles. The highest BCUT2D eigenvalue weighted by molar-refractivity contribution is 7.89. The van der Waals surface area contributed by atoms with Crippen LogP contribution in [0, 0.1) is 24.0 Å². The molecule has 2 atom stereocenters. The van der Waals surface area contributed by atoms with Crippen LogP contribution in [0.2, 0.25) is 0 Å². The molecule has 0 spiro atoms. The molecule has 2 saturated heterocycles. The van der Waals surface area contributed by atoms with Crippen molar-refractivity contribution in [3.05, 3.63) is 33.4 Å². The second-order valence-corrected chi connectivity index (χ2v) is 8.16. The third-order valence-corrected chi connectivity index (χ3v) is 7.09. The normalized spacial score (nSPS) is 25.3. The van der Waals surface area contributed by atoms with Gasteiger partial charge >= 0.3 is 0 Å². The number of hydrogen-bond acceptors (Lipinski definition) is 5. The molecular formula is C15H21N3O4S. The first-order valence-electron chi connectivity index (χ1n) is 7.82. The number of rotatable bonds is 3. The molecule has 0 aromatic heterocycles. The minimum atomic E-state index is -3.65. The van der Waals surface area contributed by atoms with Gasteiger partial charge in [-0.25, -0.2) is 8.42 Å². The quantitative estimate of drug-likeness (QED) is 0.669. The van der Waals surface area contributed by atoms with E-state index in [1.165, 1.54) is 12.1 Å². The van der Waals surface area contributed by atoms with Crippen LogP contribution in [0.3, 0.4) is 0 Å². The Bertz CT molecular complexity index is 710. The number of non-ortho nitro benzene ring substituents is 1. The lowest BCUT2D eigenvalue weighted by Gasteiger charge is -2.28. The molecule has 1 aromatic carbocycles. The molecule has 1 N–H and O–H groups in total. The molecule has 0 radical (unpaired) electrons. The Morgan fingerprint density at radius 1 is 1.17 bits per heavy atom. The summed E-state index contributed by atoms with van der Waals surface area (Å²) in [6, 6.07) is 2.69. The summed E-state index contributed by atoms with van der Waals surface area (Å²) >= 11 is 0. The summed E-state index contributed by atoms with van der Waals surface area (Å²) in [6.45, 7) is 4.75. The summed E-state index contributed by atoms with van der Waals surface area (Å²) in [5.41, 5.74) is 0.807. The van der Waals surface area contributed by atoms with Gasteiger partial charge in [0.15, 0.2) is 0 Å². The van der Waals surface area contributed by atoms with Crippen molar-refractivity contribution in [3.8, 4) is 0 Å². The third-order valence-electron chi connectivity index (χ3n) is 4.78. The topological polar surface area (TPSA) is 92.5 Å². The predicted molar refractivity (Wildman–Crippen MR) is 85.9 cm³/mol. The van der Waals surface area contributed by atoms with Crippen LogP contribution < -0.4 is 5.32 Å². The number of aryl methyl sites for hydroxylation is 2. The van der Waals surface area contributed by atoms with E-state index in [9.17, 15) is 18.5 Å². The fourth-order valence-corrected chi connectivity index (χ4v) is 6.19. The molecule has 3 rings (SSSR count). The van der Waals surface area contributed by atoms with E-state index in [4.69, 9.17) is 0 Å². The molecule has 0 saturated carbocycles. The minimum Gasteiger partial charge on any atom is -0.315 e. The van der Waals surface area contributed by atoms with Crippen molar-refractivity contribution in [2.45, 2.75) is 50.1 Å². The summed E-state index contributed by atoms with van der Waals surface area (Å²) < 4.78 is 28.2. The van der Waals surface area contributed by atoms with Gasteiger partial charge in [0.2, 0.25) is 10.0 Å². The molecule has 8 heteroatoms. The van der Waals surface area contributed by atoms with Crippen molar-refractivity contribution < 1.29 is 13.3 Å². The summed E-state index contributed by atoms with van der Waals surface area (Å²) in [7, 11) is -3.65. The van der Waals surface area contributed by atoms with Crippen molar-refractivity contribution in [2.75, 3.05) is 13.1 Å². The Morgan fingerprint density at radius 3 is 2.39 bits per heavy atom. The zero-order chi connectivity index (χ0) is 16.8. The van der Waals surface area contributed by atoms with Crippen LogP contribution in [0.4, 0.5) is 5.69 Å². The first-order valence-corrected chi connectivity index (χ1v) is 9.26. The van der Waals surface area contributed by atoms with Crippen molar-refractivity contribution >= 4 is 15.7 Å². The lowest BCUT2D eigenvalue weighted by molar-refractivity contribution is -0.385. The molecule has 1 aromatic rings. The first kappa shape index (κ1) is 16.4. The van der Waals surface area contributed by atoms with Crippen molar-refractivity contribution in [1.29, 1.82) is 0 Å². The molecule has 7 nitrogen and oxygen atoms in total. The number of benzene rings is 1. The molecular weight excluding hydrogens is 318 g/mol. The van der Waals surface area contributed by atoms with Crippen molar-refractivity contribution in [2.24, 2.45) is 0 Å². The number of hydrogen-bond donors (Lipinski definition) is 1. The second kappa shape index (κ2) is 5.85. The zero-order valence-corrected chi connectivity index (χ0v) is 14.1. The van der Waals surface area contributed by atoms with Crippen molar-refractivity contribution in [3.63, 3.8) is 0 Å². The SMILES string of the molecule is Cc1cc([N+](=O)[O-])cc(C)c1S(=O)(=O)N1C2CCNCC1CC2. The van der Waals surface area contributed by atoms with Gasteiger partial charge in [0, 0.05) is 30.8 Å². The van der Waals surface area contributed by atoms with E-state index in [-0.39, 0.29) is 22.7 Å². The standard InChI is InChI=1S/C15H21N3O4S/c1-10-7-14(18(19)20)8-11(2)15(10)23(21,22)17-12-3-4-13(17)9-16-6-5-12/h7-8,12-13,16H,3-6,9H2,1-2H3. The Kier molecular flexibility index (Phi) is 4.16. The minimum absolute atomic E-state index is 0.0222. The number of nitro benzene ring substituents is 1. The van der Waals surface area contributed by atoms with E-state index in [0.717, 1.165) is 25.8 Å². The lowest BCUT2D eigenvalue weighted by Crippen LogP contribution is -2.42. The van der Waals surface area contributed by atoms with Crippen LogP contribution in [0.1, 0.15) is 30.4 Å². The van der Waals surface area contributed by atoms with Gasteiger partial charge in [0.25, 0.3) is 5.69 Å². The van der Waals surface area contributed by atoms with E-state index < -0.39 is 14.9 Å². The number of nitrogens with zero attached hydrogens (tertiary/aromatic N) is 2. The van der Waals surface area contributed by atoms with Gasteiger partial charge in [-0.2, -0.15) is 4.31 Å². The van der Waals surface area contributed by atoms with E-state index in [1.807, 2.05) is 0 Å². The van der Waals surface area contributed by atoms with Gasteiger partial charge in [-0.15, -0.1) is 0 Å². The highest BCUT2D eigenvalue weighted by atomic mass is 32.2. The predicted octanol–water partition coefficient (Wildman–Crippen LogP) is 1.73. The van der Waals surface area contributed by atoms with Crippen LogP contribution in [0.15, 0.2) is 17.0 Å². The number of sulfonamides is 1. The first-order chi connectivity index (χ1) is 10.8. The third kappa shape index (κ3) is 2.75. The molecule has 0 amide bonds. The van der Waals surface area contributed by atoms with E-state index in [1.54, 1.807) is 18.2 Å². The van der Waals surface area contributed by atoms with E-state index in [0.29, 0.717) is 17.7 Å². The molecule has 2 bridgehead atoms. The molecule has 126 valence electrons. The van der Waals surface area contributed by atoms with Gasteiger partial charge in [0.1, 0.15) is 0 Å². The van der Waals surface area contributed by atoms with Gasteiger partial charge in [-0.3, -0.25) is 10.1 Å². The number of nitro groups is 1. The highest BCUT2D eigenvalue weighted by Crippen LogP contribution is 2.36. The van der Waals surface area contributed by atoms with Gasteiger partial charge in [-0.05, 0) is 50.8 Å². The monoisotopic (exact) mass is 339 g/mol. The van der Waals surface area contributed by atoms with Crippen LogP contribution in [0.5, 0.6) is 0 Å². The summed E-state index contributed by atoms with van der Waals surface area (Å²) in [5, 5.41) is 14.3. The number of nitrogens with one attached hydrogen (secondary N) is 1. The second-order valence-electron chi connectivity index (χ2n) is 6.38. The van der Waals surface area contributed by atoms with E-state index in [2.05, 4.69) is 5.32 Å². The zero-order valence-electron chi connectivity index (χ0n) is 13.3. The maximum Gasteiger partial charge on any atom is 0.270 e. The maximum absolute atomic E-state index is 13.3. The fraction of sp³-hybridized carbons (Fsp3) is 0.600. The van der Waals surface area contributed by atoms with Crippen LogP contribution in [-0.2, 0) is 10.0 Å². The molecule has 2 aliphatic rings. The Labute approximate surface area is 135 Å². The smallest absolute Gasteiger partial charge is 0.270 e. The average molecular weight is 339 g/mol. The summed E-state index contributed by atoms with van der Waals surface area (Å²) in [5.74, 6) is 0. The molecule has 2 aliphatic heterocycles. The number of fused-ring (bicyclic) bond motifs is 2. The van der Waals surface area contributed by atoms with Gasteiger partial charge in [-0.1, -0.05) is 0 Å². The largest absolute Gasteiger partial charge is 0.315 e. The van der Waals surface area contributed by atoms with Crippen molar-refractivity contribution in [1.82, 2.24) is 9.62 Å². The Hall–Kier alpha value is -1.51. The lowest BCUT2D eigenvalue weighted by atomic mass is 10.1. The molecule has 2 unspecified atom stereocenters.